The third kappa shape index (κ3) is 4.30. The minimum Gasteiger partial charge on any atom is -0.494 e. The van der Waals surface area contributed by atoms with Crippen LogP contribution in [-0.4, -0.2) is 34.8 Å². The SMILES string of the molecule is CCOc1cccc(S(=O)(=O)Nc2cc(C(C)(C)C)nn2-c2ncccn2)c1. The van der Waals surface area contributed by atoms with Crippen molar-refractivity contribution in [2.45, 2.75) is 38.0 Å². The van der Waals surface area contributed by atoms with E-state index in [9.17, 15) is 8.42 Å². The van der Waals surface area contributed by atoms with Gasteiger partial charge in [0, 0.05) is 29.9 Å². The summed E-state index contributed by atoms with van der Waals surface area (Å²) < 4.78 is 35.3. The van der Waals surface area contributed by atoms with Gasteiger partial charge in [-0.1, -0.05) is 26.8 Å². The first-order valence-electron chi connectivity index (χ1n) is 8.84. The molecule has 0 unspecified atom stereocenters. The minimum atomic E-state index is -3.86. The molecule has 3 aromatic rings. The first kappa shape index (κ1) is 19.8. The van der Waals surface area contributed by atoms with E-state index in [4.69, 9.17) is 4.74 Å². The average Bonchev–Trinajstić information content (AvgIpc) is 3.06. The van der Waals surface area contributed by atoms with Gasteiger partial charge in [-0.25, -0.2) is 18.4 Å². The van der Waals surface area contributed by atoms with Crippen LogP contribution < -0.4 is 9.46 Å². The predicted octanol–water partition coefficient (Wildman–Crippen LogP) is 3.16. The number of hydrogen-bond acceptors (Lipinski definition) is 6. The number of benzene rings is 1. The maximum Gasteiger partial charge on any atom is 0.263 e. The van der Waals surface area contributed by atoms with Crippen molar-refractivity contribution in [1.29, 1.82) is 0 Å². The average molecular weight is 401 g/mol. The Labute approximate surface area is 164 Å². The Balaban J connectivity index is 2.03. The summed E-state index contributed by atoms with van der Waals surface area (Å²) in [5, 5.41) is 4.52. The molecule has 0 radical (unpaired) electrons. The number of ether oxygens (including phenoxy) is 1. The van der Waals surface area contributed by atoms with Gasteiger partial charge in [-0.3, -0.25) is 4.72 Å². The van der Waals surface area contributed by atoms with Crippen LogP contribution in [0.2, 0.25) is 0 Å². The van der Waals surface area contributed by atoms with Crippen LogP contribution in [0.25, 0.3) is 5.95 Å². The van der Waals surface area contributed by atoms with Crippen LogP contribution in [-0.2, 0) is 15.4 Å². The molecule has 3 rings (SSSR count). The van der Waals surface area contributed by atoms with Crippen LogP contribution in [0.3, 0.4) is 0 Å². The fraction of sp³-hybridized carbons (Fsp3) is 0.316. The molecule has 8 nitrogen and oxygen atoms in total. The molecule has 2 heterocycles. The Hall–Kier alpha value is -2.94. The van der Waals surface area contributed by atoms with Crippen molar-refractivity contribution in [3.63, 3.8) is 0 Å². The molecule has 28 heavy (non-hydrogen) atoms. The summed E-state index contributed by atoms with van der Waals surface area (Å²) >= 11 is 0. The molecule has 0 amide bonds. The van der Waals surface area contributed by atoms with Gasteiger partial charge in [0.25, 0.3) is 16.0 Å². The Morgan fingerprint density at radius 2 is 1.82 bits per heavy atom. The largest absolute Gasteiger partial charge is 0.494 e. The number of rotatable bonds is 6. The molecule has 0 saturated heterocycles. The number of sulfonamides is 1. The van der Waals surface area contributed by atoms with Crippen molar-refractivity contribution in [2.75, 3.05) is 11.3 Å². The topological polar surface area (TPSA) is 99.0 Å². The van der Waals surface area contributed by atoms with E-state index in [1.54, 1.807) is 36.7 Å². The molecule has 9 heteroatoms. The molecule has 0 aliphatic carbocycles. The molecule has 0 spiro atoms. The lowest BCUT2D eigenvalue weighted by molar-refractivity contribution is 0.339. The van der Waals surface area contributed by atoms with Gasteiger partial charge in [0.2, 0.25) is 0 Å². The van der Waals surface area contributed by atoms with E-state index >= 15 is 0 Å². The molecule has 1 N–H and O–H groups in total. The van der Waals surface area contributed by atoms with Gasteiger partial charge in [0.05, 0.1) is 17.2 Å². The van der Waals surface area contributed by atoms with E-state index in [1.807, 2.05) is 27.7 Å². The van der Waals surface area contributed by atoms with E-state index in [0.29, 0.717) is 18.1 Å². The summed E-state index contributed by atoms with van der Waals surface area (Å²) in [5.74, 6) is 1.03. The highest BCUT2D eigenvalue weighted by molar-refractivity contribution is 7.92. The van der Waals surface area contributed by atoms with Gasteiger partial charge in [-0.2, -0.15) is 9.78 Å². The summed E-state index contributed by atoms with van der Waals surface area (Å²) in [5.41, 5.74) is 0.426. The molecule has 0 atom stereocenters. The lowest BCUT2D eigenvalue weighted by atomic mass is 9.92. The van der Waals surface area contributed by atoms with Crippen LogP contribution in [0.5, 0.6) is 5.75 Å². The van der Waals surface area contributed by atoms with Crippen molar-refractivity contribution < 1.29 is 13.2 Å². The van der Waals surface area contributed by atoms with Crippen molar-refractivity contribution in [3.05, 3.63) is 54.5 Å². The lowest BCUT2D eigenvalue weighted by Crippen LogP contribution is -2.17. The molecule has 148 valence electrons. The van der Waals surface area contributed by atoms with Gasteiger partial charge >= 0.3 is 0 Å². The van der Waals surface area contributed by atoms with Crippen LogP contribution in [0.15, 0.2) is 53.7 Å². The Bertz CT molecular complexity index is 1060. The first-order valence-corrected chi connectivity index (χ1v) is 10.3. The van der Waals surface area contributed by atoms with Gasteiger partial charge in [0.1, 0.15) is 11.6 Å². The zero-order chi connectivity index (χ0) is 20.4. The summed E-state index contributed by atoms with van der Waals surface area (Å²) in [6, 6.07) is 9.71. The molecule has 0 fully saturated rings. The fourth-order valence-electron chi connectivity index (χ4n) is 2.47. The fourth-order valence-corrected chi connectivity index (χ4v) is 3.54. The highest BCUT2D eigenvalue weighted by Crippen LogP contribution is 2.27. The highest BCUT2D eigenvalue weighted by atomic mass is 32.2. The maximum absolute atomic E-state index is 13.0. The second-order valence-electron chi connectivity index (χ2n) is 7.14. The molecular formula is C19H23N5O3S. The number of aromatic nitrogens is 4. The second kappa shape index (κ2) is 7.59. The zero-order valence-electron chi connectivity index (χ0n) is 16.2. The van der Waals surface area contributed by atoms with Gasteiger partial charge in [-0.05, 0) is 25.1 Å². The zero-order valence-corrected chi connectivity index (χ0v) is 17.1. The minimum absolute atomic E-state index is 0.0949. The van der Waals surface area contributed by atoms with Crippen LogP contribution in [0.1, 0.15) is 33.4 Å². The number of hydrogen-bond donors (Lipinski definition) is 1. The smallest absolute Gasteiger partial charge is 0.263 e. The Morgan fingerprint density at radius 1 is 1.11 bits per heavy atom. The summed E-state index contributed by atoms with van der Waals surface area (Å²) in [4.78, 5) is 8.46. The highest BCUT2D eigenvalue weighted by Gasteiger charge is 2.24. The Kier molecular flexibility index (Phi) is 5.37. The molecule has 1 aromatic carbocycles. The number of nitrogens with one attached hydrogen (secondary N) is 1. The van der Waals surface area contributed by atoms with Crippen LogP contribution in [0, 0.1) is 0 Å². The third-order valence-electron chi connectivity index (χ3n) is 3.89. The normalized spacial score (nSPS) is 12.0. The van der Waals surface area contributed by atoms with Gasteiger partial charge in [0.15, 0.2) is 0 Å². The lowest BCUT2D eigenvalue weighted by Gasteiger charge is -2.13. The van der Waals surface area contributed by atoms with E-state index in [0.717, 1.165) is 0 Å². The van der Waals surface area contributed by atoms with Crippen molar-refractivity contribution >= 4 is 15.8 Å². The molecule has 2 aromatic heterocycles. The van der Waals surface area contributed by atoms with E-state index < -0.39 is 10.0 Å². The molecule has 0 saturated carbocycles. The summed E-state index contributed by atoms with van der Waals surface area (Å²) in [6.07, 6.45) is 3.15. The van der Waals surface area contributed by atoms with E-state index in [-0.39, 0.29) is 22.1 Å². The molecular weight excluding hydrogens is 378 g/mol. The summed E-state index contributed by atoms with van der Waals surface area (Å²) in [6.45, 7) is 8.27. The van der Waals surface area contributed by atoms with Crippen LogP contribution in [0.4, 0.5) is 5.82 Å². The van der Waals surface area contributed by atoms with E-state index in [2.05, 4.69) is 19.8 Å². The number of nitrogens with zero attached hydrogens (tertiary/aromatic N) is 4. The van der Waals surface area contributed by atoms with Crippen molar-refractivity contribution in [1.82, 2.24) is 19.7 Å². The standard InChI is InChI=1S/C19H23N5O3S/c1-5-27-14-8-6-9-15(12-14)28(25,26)23-17-13-16(19(2,3)4)22-24(17)18-20-10-7-11-21-18/h6-13,23H,5H2,1-4H3. The number of anilines is 1. The molecule has 0 bridgehead atoms. The molecule has 0 aliphatic rings. The predicted molar refractivity (Wildman–Crippen MR) is 106 cm³/mol. The van der Waals surface area contributed by atoms with Crippen molar-refractivity contribution in [3.8, 4) is 11.7 Å². The van der Waals surface area contributed by atoms with Crippen molar-refractivity contribution in [2.24, 2.45) is 0 Å². The second-order valence-corrected chi connectivity index (χ2v) is 8.82. The van der Waals surface area contributed by atoms with Gasteiger partial charge < -0.3 is 4.74 Å². The monoisotopic (exact) mass is 401 g/mol. The van der Waals surface area contributed by atoms with Gasteiger partial charge in [-0.15, -0.1) is 0 Å². The van der Waals surface area contributed by atoms with Crippen LogP contribution >= 0.6 is 0 Å². The molecule has 0 aliphatic heterocycles. The third-order valence-corrected chi connectivity index (χ3v) is 5.24. The van der Waals surface area contributed by atoms with E-state index in [1.165, 1.54) is 16.8 Å². The first-order chi connectivity index (χ1) is 13.2. The quantitative estimate of drug-likeness (QED) is 0.681. The Morgan fingerprint density at radius 3 is 2.46 bits per heavy atom. The summed E-state index contributed by atoms with van der Waals surface area (Å²) in [7, 11) is -3.86. The maximum atomic E-state index is 13.0.